The SMILES string of the molecule is O=C(O)Cc1cccc(-c2cc(C(F)(F)F)cc(C(F)(F)F)c2)c1. The van der Waals surface area contributed by atoms with Gasteiger partial charge < -0.3 is 5.11 Å². The monoisotopic (exact) mass is 348 g/mol. The Morgan fingerprint density at radius 3 is 1.83 bits per heavy atom. The normalized spacial score (nSPS) is 12.2. The third kappa shape index (κ3) is 4.27. The largest absolute Gasteiger partial charge is 0.481 e. The number of hydrogen-bond donors (Lipinski definition) is 1. The molecule has 0 aliphatic carbocycles. The molecule has 0 spiro atoms. The Morgan fingerprint density at radius 1 is 0.833 bits per heavy atom. The van der Waals surface area contributed by atoms with E-state index >= 15 is 0 Å². The third-order valence-electron chi connectivity index (χ3n) is 3.20. The summed E-state index contributed by atoms with van der Waals surface area (Å²) in [5.41, 5.74) is -2.78. The zero-order valence-corrected chi connectivity index (χ0v) is 11.9. The fourth-order valence-electron chi connectivity index (χ4n) is 2.16. The van der Waals surface area contributed by atoms with Gasteiger partial charge in [0, 0.05) is 0 Å². The van der Waals surface area contributed by atoms with E-state index in [1.807, 2.05) is 0 Å². The van der Waals surface area contributed by atoms with Gasteiger partial charge in [0.05, 0.1) is 17.5 Å². The van der Waals surface area contributed by atoms with Gasteiger partial charge in [0.25, 0.3) is 0 Å². The molecule has 0 aliphatic rings. The third-order valence-corrected chi connectivity index (χ3v) is 3.20. The van der Waals surface area contributed by atoms with Crippen LogP contribution >= 0.6 is 0 Å². The zero-order chi connectivity index (χ0) is 18.1. The van der Waals surface area contributed by atoms with Gasteiger partial charge in [-0.25, -0.2) is 0 Å². The minimum atomic E-state index is -4.94. The van der Waals surface area contributed by atoms with E-state index in [0.717, 1.165) is 0 Å². The Kier molecular flexibility index (Phi) is 4.59. The average molecular weight is 348 g/mol. The van der Waals surface area contributed by atoms with Crippen molar-refractivity contribution >= 4 is 5.97 Å². The second-order valence-electron chi connectivity index (χ2n) is 5.07. The highest BCUT2D eigenvalue weighted by atomic mass is 19.4. The van der Waals surface area contributed by atoms with E-state index in [4.69, 9.17) is 5.11 Å². The summed E-state index contributed by atoms with van der Waals surface area (Å²) in [4.78, 5) is 10.7. The lowest BCUT2D eigenvalue weighted by molar-refractivity contribution is -0.143. The molecule has 0 saturated carbocycles. The van der Waals surface area contributed by atoms with Crippen molar-refractivity contribution in [1.82, 2.24) is 0 Å². The first-order valence-electron chi connectivity index (χ1n) is 6.57. The van der Waals surface area contributed by atoms with Crippen LogP contribution in [-0.4, -0.2) is 11.1 Å². The molecule has 0 saturated heterocycles. The number of hydrogen-bond acceptors (Lipinski definition) is 1. The summed E-state index contributed by atoms with van der Waals surface area (Å²) in [5, 5.41) is 8.73. The predicted molar refractivity (Wildman–Crippen MR) is 73.2 cm³/mol. The molecule has 0 amide bonds. The topological polar surface area (TPSA) is 37.3 Å². The fourth-order valence-corrected chi connectivity index (χ4v) is 2.16. The molecule has 0 heterocycles. The van der Waals surface area contributed by atoms with Gasteiger partial charge in [-0.2, -0.15) is 26.3 Å². The van der Waals surface area contributed by atoms with Gasteiger partial charge >= 0.3 is 18.3 Å². The molecule has 24 heavy (non-hydrogen) atoms. The van der Waals surface area contributed by atoms with Crippen molar-refractivity contribution in [3.8, 4) is 11.1 Å². The predicted octanol–water partition coefficient (Wildman–Crippen LogP) is 5.02. The number of alkyl halides is 6. The van der Waals surface area contributed by atoms with Gasteiger partial charge in [-0.1, -0.05) is 24.3 Å². The van der Waals surface area contributed by atoms with Gasteiger partial charge in [-0.3, -0.25) is 4.79 Å². The summed E-state index contributed by atoms with van der Waals surface area (Å²) in [6.07, 6.45) is -10.3. The number of halogens is 6. The molecular formula is C16H10F6O2. The molecular weight excluding hydrogens is 338 g/mol. The molecule has 0 aromatic heterocycles. The number of carbonyl (C=O) groups is 1. The van der Waals surface area contributed by atoms with E-state index in [9.17, 15) is 31.1 Å². The highest BCUT2D eigenvalue weighted by Crippen LogP contribution is 2.38. The van der Waals surface area contributed by atoms with E-state index in [0.29, 0.717) is 12.1 Å². The quantitative estimate of drug-likeness (QED) is 0.791. The standard InChI is InChI=1S/C16H10F6O2/c17-15(18,19)12-6-11(7-13(8-12)16(20,21)22)10-3-1-2-9(4-10)5-14(23)24/h1-4,6-8H,5H2,(H,23,24). The number of rotatable bonds is 3. The van der Waals surface area contributed by atoms with Gasteiger partial charge in [0.2, 0.25) is 0 Å². The Hall–Kier alpha value is -2.51. The molecule has 1 N–H and O–H groups in total. The number of aliphatic carboxylic acids is 1. The molecule has 2 aromatic rings. The van der Waals surface area contributed by atoms with Crippen LogP contribution in [0.3, 0.4) is 0 Å². The van der Waals surface area contributed by atoms with E-state index in [2.05, 4.69) is 0 Å². The first kappa shape index (κ1) is 17.8. The minimum absolute atomic E-state index is 0.0462. The van der Waals surface area contributed by atoms with Crippen molar-refractivity contribution in [3.05, 3.63) is 59.2 Å². The van der Waals surface area contributed by atoms with Crippen molar-refractivity contribution in [2.24, 2.45) is 0 Å². The van der Waals surface area contributed by atoms with E-state index in [-0.39, 0.29) is 29.2 Å². The lowest BCUT2D eigenvalue weighted by Crippen LogP contribution is -2.11. The first-order chi connectivity index (χ1) is 11.0. The zero-order valence-electron chi connectivity index (χ0n) is 11.9. The van der Waals surface area contributed by atoms with Gasteiger partial charge in [0.1, 0.15) is 0 Å². The van der Waals surface area contributed by atoms with Crippen molar-refractivity contribution in [3.63, 3.8) is 0 Å². The average Bonchev–Trinajstić information content (AvgIpc) is 2.44. The smallest absolute Gasteiger partial charge is 0.416 e. The summed E-state index contributed by atoms with van der Waals surface area (Å²) in [7, 11) is 0. The number of benzene rings is 2. The molecule has 128 valence electrons. The Morgan fingerprint density at radius 2 is 1.38 bits per heavy atom. The van der Waals surface area contributed by atoms with Gasteiger partial charge in [0.15, 0.2) is 0 Å². The van der Waals surface area contributed by atoms with Crippen LogP contribution in [0.2, 0.25) is 0 Å². The van der Waals surface area contributed by atoms with Crippen LogP contribution < -0.4 is 0 Å². The van der Waals surface area contributed by atoms with Crippen molar-refractivity contribution in [1.29, 1.82) is 0 Å². The molecule has 0 unspecified atom stereocenters. The molecule has 0 bridgehead atoms. The Balaban J connectivity index is 2.59. The van der Waals surface area contributed by atoms with Crippen LogP contribution in [0.1, 0.15) is 16.7 Å². The second-order valence-corrected chi connectivity index (χ2v) is 5.07. The molecule has 2 rings (SSSR count). The highest BCUT2D eigenvalue weighted by molar-refractivity contribution is 5.72. The minimum Gasteiger partial charge on any atom is -0.481 e. The second kappa shape index (κ2) is 6.18. The van der Waals surface area contributed by atoms with E-state index < -0.39 is 29.4 Å². The van der Waals surface area contributed by atoms with Crippen LogP contribution in [0.4, 0.5) is 26.3 Å². The number of carboxylic acids is 1. The molecule has 0 radical (unpaired) electrons. The van der Waals surface area contributed by atoms with Crippen molar-refractivity contribution in [2.45, 2.75) is 18.8 Å². The Labute approximate surface area is 132 Å². The lowest BCUT2D eigenvalue weighted by atomic mass is 9.97. The molecule has 0 atom stereocenters. The van der Waals surface area contributed by atoms with Crippen LogP contribution in [0.25, 0.3) is 11.1 Å². The van der Waals surface area contributed by atoms with Crippen LogP contribution in [0, 0.1) is 0 Å². The fraction of sp³-hybridized carbons (Fsp3) is 0.188. The van der Waals surface area contributed by atoms with Crippen LogP contribution in [0.5, 0.6) is 0 Å². The highest BCUT2D eigenvalue weighted by Gasteiger charge is 2.37. The van der Waals surface area contributed by atoms with Crippen LogP contribution in [-0.2, 0) is 23.6 Å². The summed E-state index contributed by atoms with van der Waals surface area (Å²) in [6.45, 7) is 0. The summed E-state index contributed by atoms with van der Waals surface area (Å²) in [5.74, 6) is -1.16. The lowest BCUT2D eigenvalue weighted by Gasteiger charge is -2.14. The summed E-state index contributed by atoms with van der Waals surface area (Å²) in [6, 6.07) is 6.64. The maximum atomic E-state index is 12.9. The molecule has 2 aromatic carbocycles. The summed E-state index contributed by atoms with van der Waals surface area (Å²) < 4.78 is 77.1. The summed E-state index contributed by atoms with van der Waals surface area (Å²) >= 11 is 0. The molecule has 0 fully saturated rings. The number of carboxylic acid groups (broad SMARTS) is 1. The maximum Gasteiger partial charge on any atom is 0.416 e. The van der Waals surface area contributed by atoms with E-state index in [1.165, 1.54) is 24.3 Å². The van der Waals surface area contributed by atoms with Crippen molar-refractivity contribution in [2.75, 3.05) is 0 Å². The first-order valence-corrected chi connectivity index (χ1v) is 6.57. The van der Waals surface area contributed by atoms with E-state index in [1.54, 1.807) is 0 Å². The van der Waals surface area contributed by atoms with Gasteiger partial charge in [-0.15, -0.1) is 0 Å². The maximum absolute atomic E-state index is 12.9. The molecule has 2 nitrogen and oxygen atoms in total. The van der Waals surface area contributed by atoms with Crippen molar-refractivity contribution < 1.29 is 36.2 Å². The molecule has 8 heteroatoms. The molecule has 0 aliphatic heterocycles. The Bertz CT molecular complexity index is 730. The van der Waals surface area contributed by atoms with Gasteiger partial charge in [-0.05, 0) is 34.9 Å². The van der Waals surface area contributed by atoms with Crippen LogP contribution in [0.15, 0.2) is 42.5 Å².